The van der Waals surface area contributed by atoms with E-state index in [4.69, 9.17) is 4.74 Å². The van der Waals surface area contributed by atoms with E-state index in [2.05, 4.69) is 50.0 Å². The van der Waals surface area contributed by atoms with Crippen LogP contribution in [0.15, 0.2) is 35.3 Å². The maximum Gasteiger partial charge on any atom is 0.187 e. The average Bonchev–Trinajstić information content (AvgIpc) is 2.60. The Morgan fingerprint density at radius 3 is 2.56 bits per heavy atom. The molecular formula is C14H19NO. The molecule has 2 heteroatoms. The number of hydrogen-bond donors (Lipinski definition) is 0. The van der Waals surface area contributed by atoms with Gasteiger partial charge >= 0.3 is 0 Å². The Morgan fingerprint density at radius 2 is 2.00 bits per heavy atom. The molecule has 0 aliphatic carbocycles. The summed E-state index contributed by atoms with van der Waals surface area (Å²) < 4.78 is 5.65. The highest BCUT2D eigenvalue weighted by Crippen LogP contribution is 2.22. The van der Waals surface area contributed by atoms with E-state index >= 15 is 0 Å². The van der Waals surface area contributed by atoms with Gasteiger partial charge in [0.1, 0.15) is 6.61 Å². The van der Waals surface area contributed by atoms with E-state index in [0.29, 0.717) is 12.5 Å². The van der Waals surface area contributed by atoms with Crippen molar-refractivity contribution in [2.45, 2.75) is 32.7 Å². The molecule has 0 fully saturated rings. The third-order valence-corrected chi connectivity index (χ3v) is 2.79. The molecule has 86 valence electrons. The van der Waals surface area contributed by atoms with Crippen LogP contribution in [0.5, 0.6) is 0 Å². The van der Waals surface area contributed by atoms with Gasteiger partial charge in [0.15, 0.2) is 5.90 Å². The lowest BCUT2D eigenvalue weighted by Crippen LogP contribution is -2.17. The minimum atomic E-state index is -0.0414. The van der Waals surface area contributed by atoms with Crippen LogP contribution in [0.3, 0.4) is 0 Å². The molecule has 0 N–H and O–H groups in total. The number of aliphatic imine (C=N–C) groups is 1. The highest BCUT2D eigenvalue weighted by Gasteiger charge is 2.28. The molecule has 2 rings (SSSR count). The fraction of sp³-hybridized carbons (Fsp3) is 0.500. The number of hydrogen-bond acceptors (Lipinski definition) is 2. The summed E-state index contributed by atoms with van der Waals surface area (Å²) in [5.74, 6) is 1.28. The Morgan fingerprint density at radius 1 is 1.31 bits per heavy atom. The standard InChI is InChI=1S/C14H19NO/c1-11(9-12-7-5-4-6-8-12)13-15-14(2,3)10-16-13/h4-8,11H,9-10H2,1-3H3. The lowest BCUT2D eigenvalue weighted by Gasteiger charge is -2.10. The lowest BCUT2D eigenvalue weighted by molar-refractivity contribution is 0.266. The summed E-state index contributed by atoms with van der Waals surface area (Å²) >= 11 is 0. The molecule has 1 unspecified atom stereocenters. The van der Waals surface area contributed by atoms with Gasteiger partial charge in [-0.3, -0.25) is 0 Å². The molecule has 1 aliphatic rings. The predicted octanol–water partition coefficient (Wildman–Crippen LogP) is 3.07. The summed E-state index contributed by atoms with van der Waals surface area (Å²) in [6, 6.07) is 10.5. The van der Waals surface area contributed by atoms with Gasteiger partial charge in [0.25, 0.3) is 0 Å². The molecule has 0 saturated heterocycles. The summed E-state index contributed by atoms with van der Waals surface area (Å²) in [6.45, 7) is 7.10. The molecule has 1 atom stereocenters. The van der Waals surface area contributed by atoms with Crippen molar-refractivity contribution in [2.75, 3.05) is 6.61 Å². The first-order valence-electron chi connectivity index (χ1n) is 5.83. The fourth-order valence-electron chi connectivity index (χ4n) is 1.92. The molecule has 2 nitrogen and oxygen atoms in total. The molecular weight excluding hydrogens is 198 g/mol. The second-order valence-electron chi connectivity index (χ2n) is 5.14. The third-order valence-electron chi connectivity index (χ3n) is 2.79. The quantitative estimate of drug-likeness (QED) is 0.762. The van der Waals surface area contributed by atoms with Crippen LogP contribution in [0.25, 0.3) is 0 Å². The molecule has 0 radical (unpaired) electrons. The first-order valence-corrected chi connectivity index (χ1v) is 5.83. The summed E-state index contributed by atoms with van der Waals surface area (Å²) in [6.07, 6.45) is 0.996. The van der Waals surface area contributed by atoms with Gasteiger partial charge in [-0.25, -0.2) is 4.99 Å². The Kier molecular flexibility index (Phi) is 2.99. The normalized spacial score (nSPS) is 20.1. The van der Waals surface area contributed by atoms with Crippen LogP contribution in [-0.2, 0) is 11.2 Å². The van der Waals surface area contributed by atoms with Crippen molar-refractivity contribution >= 4 is 5.90 Å². The zero-order chi connectivity index (χ0) is 11.6. The maximum absolute atomic E-state index is 5.65. The van der Waals surface area contributed by atoms with Gasteiger partial charge in [-0.05, 0) is 25.8 Å². The number of rotatable bonds is 3. The van der Waals surface area contributed by atoms with Crippen molar-refractivity contribution in [3.05, 3.63) is 35.9 Å². The third kappa shape index (κ3) is 2.63. The Bertz CT molecular complexity index is 381. The lowest BCUT2D eigenvalue weighted by atomic mass is 10.0. The van der Waals surface area contributed by atoms with Crippen molar-refractivity contribution in [1.29, 1.82) is 0 Å². The highest BCUT2D eigenvalue weighted by atomic mass is 16.5. The molecule has 0 bridgehead atoms. The Hall–Kier alpha value is -1.31. The van der Waals surface area contributed by atoms with Crippen LogP contribution < -0.4 is 0 Å². The van der Waals surface area contributed by atoms with E-state index in [1.807, 2.05) is 6.07 Å². The number of nitrogens with zero attached hydrogens (tertiary/aromatic N) is 1. The van der Waals surface area contributed by atoms with E-state index in [1.165, 1.54) is 5.56 Å². The largest absolute Gasteiger partial charge is 0.478 e. The zero-order valence-corrected chi connectivity index (χ0v) is 10.2. The van der Waals surface area contributed by atoms with Gasteiger partial charge in [-0.15, -0.1) is 0 Å². The van der Waals surface area contributed by atoms with Crippen molar-refractivity contribution < 1.29 is 4.74 Å². The smallest absolute Gasteiger partial charge is 0.187 e. The van der Waals surface area contributed by atoms with E-state index < -0.39 is 0 Å². The molecule has 0 aromatic heterocycles. The van der Waals surface area contributed by atoms with E-state index in [9.17, 15) is 0 Å². The summed E-state index contributed by atoms with van der Waals surface area (Å²) in [4.78, 5) is 4.61. The van der Waals surface area contributed by atoms with Crippen LogP contribution in [0, 0.1) is 5.92 Å². The molecule has 1 aliphatic heterocycles. The SMILES string of the molecule is CC(Cc1ccccc1)C1=NC(C)(C)CO1. The van der Waals surface area contributed by atoms with E-state index in [0.717, 1.165) is 12.3 Å². The molecule has 16 heavy (non-hydrogen) atoms. The first kappa shape index (κ1) is 11.2. The maximum atomic E-state index is 5.65. The van der Waals surface area contributed by atoms with Crippen molar-refractivity contribution in [2.24, 2.45) is 10.9 Å². The molecule has 1 aromatic carbocycles. The molecule has 1 aromatic rings. The minimum absolute atomic E-state index is 0.0414. The van der Waals surface area contributed by atoms with Gasteiger partial charge in [0, 0.05) is 5.92 Å². The number of benzene rings is 1. The van der Waals surface area contributed by atoms with Crippen LogP contribution in [-0.4, -0.2) is 18.0 Å². The van der Waals surface area contributed by atoms with Crippen molar-refractivity contribution in [3.8, 4) is 0 Å². The van der Waals surface area contributed by atoms with E-state index in [1.54, 1.807) is 0 Å². The predicted molar refractivity (Wildman–Crippen MR) is 66.8 cm³/mol. The summed E-state index contributed by atoms with van der Waals surface area (Å²) in [5.41, 5.74) is 1.30. The van der Waals surface area contributed by atoms with Gasteiger partial charge in [-0.1, -0.05) is 37.3 Å². The fourth-order valence-corrected chi connectivity index (χ4v) is 1.92. The zero-order valence-electron chi connectivity index (χ0n) is 10.2. The topological polar surface area (TPSA) is 21.6 Å². The monoisotopic (exact) mass is 217 g/mol. The van der Waals surface area contributed by atoms with Gasteiger partial charge in [-0.2, -0.15) is 0 Å². The van der Waals surface area contributed by atoms with Crippen LogP contribution in [0.4, 0.5) is 0 Å². The van der Waals surface area contributed by atoms with Gasteiger partial charge in [0.05, 0.1) is 5.54 Å². The Labute approximate surface area is 97.4 Å². The second kappa shape index (κ2) is 4.28. The Balaban J connectivity index is 2.02. The molecule has 1 heterocycles. The molecule has 0 saturated carbocycles. The molecule has 0 spiro atoms. The van der Waals surface area contributed by atoms with Crippen LogP contribution in [0.1, 0.15) is 26.3 Å². The first-order chi connectivity index (χ1) is 7.57. The van der Waals surface area contributed by atoms with Crippen molar-refractivity contribution in [3.63, 3.8) is 0 Å². The number of ether oxygens (including phenoxy) is 1. The van der Waals surface area contributed by atoms with Gasteiger partial charge < -0.3 is 4.74 Å². The van der Waals surface area contributed by atoms with E-state index in [-0.39, 0.29) is 5.54 Å². The van der Waals surface area contributed by atoms with Gasteiger partial charge in [0.2, 0.25) is 0 Å². The van der Waals surface area contributed by atoms with Crippen LogP contribution >= 0.6 is 0 Å². The minimum Gasteiger partial charge on any atom is -0.478 e. The van der Waals surface area contributed by atoms with Crippen molar-refractivity contribution in [1.82, 2.24) is 0 Å². The highest BCUT2D eigenvalue weighted by molar-refractivity contribution is 5.80. The summed E-state index contributed by atoms with van der Waals surface area (Å²) in [5, 5.41) is 0. The molecule has 0 amide bonds. The summed E-state index contributed by atoms with van der Waals surface area (Å²) in [7, 11) is 0. The van der Waals surface area contributed by atoms with Crippen LogP contribution in [0.2, 0.25) is 0 Å². The second-order valence-corrected chi connectivity index (χ2v) is 5.14. The average molecular weight is 217 g/mol.